The molecule has 2 heterocycles. The summed E-state index contributed by atoms with van der Waals surface area (Å²) in [6.07, 6.45) is 0. The number of rotatable bonds is 7. The number of hydrogen-bond donors (Lipinski definition) is 2. The van der Waals surface area contributed by atoms with Gasteiger partial charge in [0.25, 0.3) is 11.9 Å². The van der Waals surface area contributed by atoms with Gasteiger partial charge in [-0.1, -0.05) is 48.0 Å². The summed E-state index contributed by atoms with van der Waals surface area (Å²) in [6, 6.07) is 17.2. The fourth-order valence-corrected chi connectivity index (χ4v) is 6.15. The van der Waals surface area contributed by atoms with Crippen LogP contribution in [-0.4, -0.2) is 29.5 Å². The van der Waals surface area contributed by atoms with Gasteiger partial charge in [0.05, 0.1) is 17.0 Å². The summed E-state index contributed by atoms with van der Waals surface area (Å²) in [4.78, 5) is 25.6. The van der Waals surface area contributed by atoms with Crippen molar-refractivity contribution in [2.75, 3.05) is 11.9 Å². The number of para-hydroxylation sites is 1. The van der Waals surface area contributed by atoms with Crippen molar-refractivity contribution in [2.45, 2.75) is 50.9 Å². The number of carbonyl (C=O) groups excluding carboxylic acids is 1. The lowest BCUT2D eigenvalue weighted by Crippen LogP contribution is -2.54. The highest BCUT2D eigenvalue weighted by Crippen LogP contribution is 2.51. The Bertz CT molecular complexity index is 1360. The molecular formula is C28H28BrN3O5. The average molecular weight is 566 g/mol. The average Bonchev–Trinajstić information content (AvgIpc) is 3.33. The van der Waals surface area contributed by atoms with Gasteiger partial charge in [0.2, 0.25) is 0 Å². The van der Waals surface area contributed by atoms with Crippen LogP contribution in [0.15, 0.2) is 65.1 Å². The number of halogens is 1. The van der Waals surface area contributed by atoms with Crippen LogP contribution in [0.1, 0.15) is 42.0 Å². The Morgan fingerprint density at radius 3 is 2.54 bits per heavy atom. The minimum Gasteiger partial charge on any atom is -0.490 e. The summed E-state index contributed by atoms with van der Waals surface area (Å²) in [5.74, 6) is 0.00655. The first kappa shape index (κ1) is 25.2. The van der Waals surface area contributed by atoms with Gasteiger partial charge in [-0.3, -0.25) is 20.2 Å². The maximum Gasteiger partial charge on any atom is 0.256 e. The summed E-state index contributed by atoms with van der Waals surface area (Å²) in [5, 5.41) is 18.8. The summed E-state index contributed by atoms with van der Waals surface area (Å²) in [7, 11) is 0. The number of nitrogens with one attached hydrogen (secondary N) is 2. The van der Waals surface area contributed by atoms with Crippen LogP contribution in [0, 0.1) is 17.0 Å². The summed E-state index contributed by atoms with van der Waals surface area (Å²) in [6.45, 7) is 6.52. The molecular weight excluding hydrogens is 538 g/mol. The first-order chi connectivity index (χ1) is 17.8. The van der Waals surface area contributed by atoms with E-state index in [1.165, 1.54) is 5.56 Å². The van der Waals surface area contributed by atoms with E-state index in [0.717, 1.165) is 5.56 Å². The van der Waals surface area contributed by atoms with Crippen LogP contribution in [-0.2, 0) is 16.9 Å². The number of amides is 1. The van der Waals surface area contributed by atoms with Crippen LogP contribution >= 0.6 is 15.9 Å². The van der Waals surface area contributed by atoms with E-state index in [1.54, 1.807) is 30.3 Å². The molecule has 0 bridgehead atoms. The van der Waals surface area contributed by atoms with E-state index in [1.807, 2.05) is 51.1 Å². The Kier molecular flexibility index (Phi) is 6.68. The van der Waals surface area contributed by atoms with Crippen molar-refractivity contribution in [3.63, 3.8) is 0 Å². The Hall–Kier alpha value is -3.43. The number of aryl methyl sites for hydroxylation is 1. The van der Waals surface area contributed by atoms with Crippen molar-refractivity contribution in [3.05, 3.63) is 97.5 Å². The first-order valence-electron chi connectivity index (χ1n) is 12.2. The fraction of sp³-hybridized carbons (Fsp3) is 0.321. The van der Waals surface area contributed by atoms with Gasteiger partial charge < -0.3 is 14.8 Å². The number of nitro groups is 1. The van der Waals surface area contributed by atoms with Crippen LogP contribution < -0.4 is 20.1 Å². The first-order valence-corrected chi connectivity index (χ1v) is 13.0. The second-order valence-corrected chi connectivity index (χ2v) is 10.4. The van der Waals surface area contributed by atoms with Gasteiger partial charge in [0.15, 0.2) is 17.0 Å². The van der Waals surface area contributed by atoms with E-state index >= 15 is 0 Å². The molecule has 1 spiro atoms. The van der Waals surface area contributed by atoms with Crippen LogP contribution in [0.2, 0.25) is 0 Å². The lowest BCUT2D eigenvalue weighted by Gasteiger charge is -2.26. The number of anilines is 1. The Morgan fingerprint density at radius 2 is 1.84 bits per heavy atom. The fourth-order valence-electron chi connectivity index (χ4n) is 5.58. The number of benzene rings is 3. The molecule has 192 valence electrons. The number of carbonyl (C=O) groups is 1. The normalized spacial score (nSPS) is 24.1. The zero-order valence-electron chi connectivity index (χ0n) is 20.8. The van der Waals surface area contributed by atoms with Crippen LogP contribution in [0.5, 0.6) is 11.5 Å². The second kappa shape index (κ2) is 9.79. The number of nitrogens with zero attached hydrogens (tertiary/aromatic N) is 1. The van der Waals surface area contributed by atoms with Gasteiger partial charge >= 0.3 is 0 Å². The van der Waals surface area contributed by atoms with Crippen molar-refractivity contribution in [1.82, 2.24) is 5.32 Å². The van der Waals surface area contributed by atoms with Crippen LogP contribution in [0.4, 0.5) is 5.69 Å². The summed E-state index contributed by atoms with van der Waals surface area (Å²) >= 11 is 3.62. The van der Waals surface area contributed by atoms with Gasteiger partial charge in [-0.15, -0.1) is 0 Å². The molecule has 1 saturated heterocycles. The van der Waals surface area contributed by atoms with E-state index in [2.05, 4.69) is 26.6 Å². The van der Waals surface area contributed by atoms with Crippen molar-refractivity contribution < 1.29 is 19.2 Å². The molecule has 5 rings (SSSR count). The second-order valence-electron chi connectivity index (χ2n) is 9.53. The van der Waals surface area contributed by atoms with E-state index in [0.29, 0.717) is 46.0 Å². The Labute approximate surface area is 223 Å². The highest BCUT2D eigenvalue weighted by molar-refractivity contribution is 9.10. The number of hydrogen-bond acceptors (Lipinski definition) is 6. The molecule has 8 nitrogen and oxygen atoms in total. The molecule has 3 aromatic carbocycles. The molecule has 2 aliphatic rings. The standard InChI is InChI=1S/C28H28BrN3O5/c1-4-36-23-14-19(13-21(29)25(23)37-15-18-11-9-16(2)10-12-18)24-17(3)31-28(26(24)32(34)35)20-7-5-6-8-22(20)30-27(28)33/h5-14,17,24,26,31H,4,15H2,1-3H3,(H,30,33)/t17-,24-,26-,28-/m0/s1. The van der Waals surface area contributed by atoms with Crippen molar-refractivity contribution in [1.29, 1.82) is 0 Å². The van der Waals surface area contributed by atoms with E-state index in [-0.39, 0.29) is 11.0 Å². The molecule has 1 fully saturated rings. The molecule has 0 aromatic heterocycles. The zero-order chi connectivity index (χ0) is 26.3. The summed E-state index contributed by atoms with van der Waals surface area (Å²) < 4.78 is 12.7. The van der Waals surface area contributed by atoms with Gasteiger partial charge in [-0.2, -0.15) is 0 Å². The molecule has 9 heteroatoms. The quantitative estimate of drug-likeness (QED) is 0.297. The highest BCUT2D eigenvalue weighted by Gasteiger charge is 2.67. The monoisotopic (exact) mass is 565 g/mol. The molecule has 0 aliphatic carbocycles. The Morgan fingerprint density at radius 1 is 1.11 bits per heavy atom. The zero-order valence-corrected chi connectivity index (χ0v) is 22.4. The van der Waals surface area contributed by atoms with Crippen LogP contribution in [0.3, 0.4) is 0 Å². The molecule has 2 N–H and O–H groups in total. The predicted molar refractivity (Wildman–Crippen MR) is 144 cm³/mol. The SMILES string of the molecule is CCOc1cc([C@@H]2[C@H](C)N[C@]3(C(=O)Nc4ccccc43)[C@H]2[N+](=O)[O-])cc(Br)c1OCc1ccc(C)cc1. The van der Waals surface area contributed by atoms with Gasteiger partial charge in [-0.25, -0.2) is 0 Å². The largest absolute Gasteiger partial charge is 0.490 e. The van der Waals surface area contributed by atoms with Crippen molar-refractivity contribution in [3.8, 4) is 11.5 Å². The maximum atomic E-state index is 13.3. The molecule has 0 saturated carbocycles. The molecule has 0 unspecified atom stereocenters. The smallest absolute Gasteiger partial charge is 0.256 e. The van der Waals surface area contributed by atoms with Crippen molar-refractivity contribution >= 4 is 27.5 Å². The Balaban J connectivity index is 1.54. The number of fused-ring (bicyclic) bond motifs is 2. The molecule has 2 aliphatic heterocycles. The topological polar surface area (TPSA) is 103 Å². The molecule has 3 aromatic rings. The minimum atomic E-state index is -1.47. The molecule has 4 atom stereocenters. The third-order valence-corrected chi connectivity index (χ3v) is 7.77. The molecule has 37 heavy (non-hydrogen) atoms. The predicted octanol–water partition coefficient (Wildman–Crippen LogP) is 5.30. The lowest BCUT2D eigenvalue weighted by atomic mass is 9.78. The van der Waals surface area contributed by atoms with Gasteiger partial charge in [0.1, 0.15) is 6.61 Å². The molecule has 0 radical (unpaired) electrons. The maximum absolute atomic E-state index is 13.3. The van der Waals surface area contributed by atoms with Gasteiger partial charge in [0, 0.05) is 22.2 Å². The summed E-state index contributed by atoms with van der Waals surface area (Å²) in [5.41, 5.74) is 2.59. The molecule has 1 amide bonds. The third kappa shape index (κ3) is 4.26. The minimum absolute atomic E-state index is 0.334. The lowest BCUT2D eigenvalue weighted by molar-refractivity contribution is -0.532. The number of ether oxygens (including phenoxy) is 2. The van der Waals surface area contributed by atoms with Gasteiger partial charge in [-0.05, 0) is 66.0 Å². The third-order valence-electron chi connectivity index (χ3n) is 7.18. The highest BCUT2D eigenvalue weighted by atomic mass is 79.9. The van der Waals surface area contributed by atoms with E-state index in [9.17, 15) is 14.9 Å². The van der Waals surface area contributed by atoms with E-state index in [4.69, 9.17) is 9.47 Å². The van der Waals surface area contributed by atoms with E-state index < -0.39 is 23.4 Å². The van der Waals surface area contributed by atoms with Crippen molar-refractivity contribution in [2.24, 2.45) is 0 Å². The van der Waals surface area contributed by atoms with Crippen LogP contribution in [0.25, 0.3) is 0 Å².